The zero-order chi connectivity index (χ0) is 35.8. The Bertz CT molecular complexity index is 2800. The van der Waals surface area contributed by atoms with Crippen LogP contribution in [-0.2, 0) is 0 Å². The van der Waals surface area contributed by atoms with E-state index in [2.05, 4.69) is 217 Å². The van der Waals surface area contributed by atoms with Crippen molar-refractivity contribution in [2.75, 3.05) is 4.90 Å². The summed E-state index contributed by atoms with van der Waals surface area (Å²) < 4.78 is 7.13. The number of fused-ring (bicyclic) bond motifs is 5. The first-order chi connectivity index (χ1) is 26.8. The van der Waals surface area contributed by atoms with E-state index >= 15 is 0 Å². The van der Waals surface area contributed by atoms with Gasteiger partial charge in [-0.1, -0.05) is 170 Å². The van der Waals surface area contributed by atoms with Crippen molar-refractivity contribution in [3.8, 4) is 44.5 Å². The molecule has 0 unspecified atom stereocenters. The second-order valence-corrected chi connectivity index (χ2v) is 13.7. The summed E-state index contributed by atoms with van der Waals surface area (Å²) in [6, 6.07) is 75.6. The zero-order valence-electron chi connectivity index (χ0n) is 29.6. The summed E-state index contributed by atoms with van der Waals surface area (Å²) in [5.41, 5.74) is 14.2. The fourth-order valence-corrected chi connectivity index (χ4v) is 7.87. The van der Waals surface area contributed by atoms with E-state index in [1.165, 1.54) is 38.8 Å². The molecule has 54 heavy (non-hydrogen) atoms. The molecule has 0 radical (unpaired) electrons. The van der Waals surface area contributed by atoms with Gasteiger partial charge in [-0.25, -0.2) is 0 Å². The first-order valence-corrected chi connectivity index (χ1v) is 18.4. The maximum atomic E-state index is 7.13. The highest BCUT2D eigenvalue weighted by atomic mass is 16.3. The van der Waals surface area contributed by atoms with Gasteiger partial charge in [-0.2, -0.15) is 0 Å². The first kappa shape index (κ1) is 31.6. The molecule has 1 heterocycles. The Balaban J connectivity index is 1.23. The molecule has 0 saturated heterocycles. The summed E-state index contributed by atoms with van der Waals surface area (Å²) in [7, 11) is 0. The molecule has 0 N–H and O–H groups in total. The molecule has 254 valence electrons. The normalized spacial score (nSPS) is 11.3. The predicted molar refractivity (Wildman–Crippen MR) is 228 cm³/mol. The predicted octanol–water partition coefficient (Wildman–Crippen LogP) is 14.9. The van der Waals surface area contributed by atoms with Crippen molar-refractivity contribution in [1.82, 2.24) is 0 Å². The van der Waals surface area contributed by atoms with Crippen LogP contribution in [-0.4, -0.2) is 0 Å². The van der Waals surface area contributed by atoms with Crippen molar-refractivity contribution in [3.63, 3.8) is 0 Å². The zero-order valence-corrected chi connectivity index (χ0v) is 29.6. The minimum atomic E-state index is 0.871. The molecule has 10 aromatic rings. The summed E-state index contributed by atoms with van der Waals surface area (Å²) in [6.45, 7) is 0. The average Bonchev–Trinajstić information content (AvgIpc) is 3.64. The lowest BCUT2D eigenvalue weighted by atomic mass is 9.94. The molecule has 0 aliphatic heterocycles. The van der Waals surface area contributed by atoms with Gasteiger partial charge in [-0.05, 0) is 86.8 Å². The number of nitrogens with zero attached hydrogens (tertiary/aromatic N) is 1. The molecule has 2 nitrogen and oxygen atoms in total. The van der Waals surface area contributed by atoms with Gasteiger partial charge in [-0.15, -0.1) is 0 Å². The van der Waals surface area contributed by atoms with Gasteiger partial charge in [0.2, 0.25) is 0 Å². The summed E-state index contributed by atoms with van der Waals surface area (Å²) in [4.78, 5) is 2.37. The molecule has 1 aromatic heterocycles. The van der Waals surface area contributed by atoms with Crippen LogP contribution in [0, 0.1) is 0 Å². The molecule has 0 amide bonds. The Hall–Kier alpha value is -7.16. The maximum absolute atomic E-state index is 7.13. The lowest BCUT2D eigenvalue weighted by molar-refractivity contribution is 0.674. The molecule has 0 bridgehead atoms. The minimum absolute atomic E-state index is 0.871. The summed E-state index contributed by atoms with van der Waals surface area (Å²) >= 11 is 0. The molecule has 0 fully saturated rings. The van der Waals surface area contributed by atoms with Gasteiger partial charge in [0.15, 0.2) is 0 Å². The smallest absolute Gasteiger partial charge is 0.145 e. The van der Waals surface area contributed by atoms with E-state index in [4.69, 9.17) is 4.42 Å². The highest BCUT2D eigenvalue weighted by Gasteiger charge is 2.24. The molecule has 0 spiro atoms. The van der Waals surface area contributed by atoms with E-state index in [9.17, 15) is 0 Å². The fourth-order valence-electron chi connectivity index (χ4n) is 7.87. The molecule has 0 aliphatic rings. The quantitative estimate of drug-likeness (QED) is 0.166. The van der Waals surface area contributed by atoms with Crippen molar-refractivity contribution < 1.29 is 4.42 Å². The van der Waals surface area contributed by atoms with Crippen LogP contribution in [0.25, 0.3) is 77.2 Å². The van der Waals surface area contributed by atoms with Gasteiger partial charge in [0.25, 0.3) is 0 Å². The van der Waals surface area contributed by atoms with E-state index in [1.54, 1.807) is 0 Å². The topological polar surface area (TPSA) is 16.4 Å². The van der Waals surface area contributed by atoms with Gasteiger partial charge in [0.05, 0.1) is 5.69 Å². The van der Waals surface area contributed by atoms with Gasteiger partial charge in [0, 0.05) is 33.1 Å². The Kier molecular flexibility index (Phi) is 7.85. The van der Waals surface area contributed by atoms with Gasteiger partial charge in [0.1, 0.15) is 11.2 Å². The Morgan fingerprint density at radius 2 is 0.722 bits per heavy atom. The fraction of sp³-hybridized carbons (Fsp3) is 0. The minimum Gasteiger partial charge on any atom is -0.455 e. The Labute approximate surface area is 314 Å². The SMILES string of the molecule is c1ccc(-c2ccc(N(c3ccc(-c4ccccc4)cc3)c3ccc4c(oc5c6ccccc6c(-c6ccccc6)cc45)c3-c3ccccc3)cc2)cc1. The number of furan rings is 1. The second kappa shape index (κ2) is 13.4. The summed E-state index contributed by atoms with van der Waals surface area (Å²) in [5.74, 6) is 0. The van der Waals surface area contributed by atoms with Crippen molar-refractivity contribution in [1.29, 1.82) is 0 Å². The lowest BCUT2D eigenvalue weighted by Crippen LogP contribution is -2.11. The first-order valence-electron chi connectivity index (χ1n) is 18.4. The van der Waals surface area contributed by atoms with Crippen LogP contribution in [0.1, 0.15) is 0 Å². The molecular formula is C52H35NO. The average molecular weight is 690 g/mol. The van der Waals surface area contributed by atoms with E-state index in [0.29, 0.717) is 0 Å². The van der Waals surface area contributed by atoms with Crippen LogP contribution in [0.5, 0.6) is 0 Å². The highest BCUT2D eigenvalue weighted by molar-refractivity contribution is 6.22. The second-order valence-electron chi connectivity index (χ2n) is 13.7. The monoisotopic (exact) mass is 689 g/mol. The number of hydrogen-bond donors (Lipinski definition) is 0. The molecule has 0 saturated carbocycles. The van der Waals surface area contributed by atoms with Gasteiger partial charge >= 0.3 is 0 Å². The van der Waals surface area contributed by atoms with Crippen LogP contribution < -0.4 is 4.90 Å². The van der Waals surface area contributed by atoms with Crippen molar-refractivity contribution in [2.45, 2.75) is 0 Å². The third-order valence-corrected chi connectivity index (χ3v) is 10.5. The summed E-state index contributed by atoms with van der Waals surface area (Å²) in [5, 5.41) is 4.48. The van der Waals surface area contributed by atoms with E-state index in [-0.39, 0.29) is 0 Å². The Morgan fingerprint density at radius 3 is 1.26 bits per heavy atom. The van der Waals surface area contributed by atoms with Crippen LogP contribution in [0.3, 0.4) is 0 Å². The van der Waals surface area contributed by atoms with Crippen molar-refractivity contribution in [2.24, 2.45) is 0 Å². The Morgan fingerprint density at radius 1 is 0.296 bits per heavy atom. The van der Waals surface area contributed by atoms with Crippen LogP contribution in [0.4, 0.5) is 17.1 Å². The number of benzene rings is 9. The molecule has 9 aromatic carbocycles. The van der Waals surface area contributed by atoms with Crippen LogP contribution in [0.15, 0.2) is 217 Å². The van der Waals surface area contributed by atoms with Crippen LogP contribution >= 0.6 is 0 Å². The summed E-state index contributed by atoms with van der Waals surface area (Å²) in [6.07, 6.45) is 0. The molecule has 0 atom stereocenters. The third-order valence-electron chi connectivity index (χ3n) is 10.5. The number of anilines is 3. The molecule has 2 heteroatoms. The van der Waals surface area contributed by atoms with Crippen LogP contribution in [0.2, 0.25) is 0 Å². The van der Waals surface area contributed by atoms with Gasteiger partial charge in [-0.3, -0.25) is 0 Å². The van der Waals surface area contributed by atoms with E-state index in [0.717, 1.165) is 55.5 Å². The maximum Gasteiger partial charge on any atom is 0.145 e. The van der Waals surface area contributed by atoms with E-state index in [1.807, 2.05) is 0 Å². The number of hydrogen-bond acceptors (Lipinski definition) is 2. The molecule has 10 rings (SSSR count). The standard InChI is InChI=1S/C52H35NO/c1-5-15-36(16-6-1)38-25-29-42(30-26-38)53(43-31-27-39(28-32-43)37-17-7-2-8-18-37)49-34-33-46-48-35-47(40-19-9-3-10-20-40)44-23-13-14-24-45(44)51(48)54-52(46)50(49)41-21-11-4-12-22-41/h1-35H. The molecule has 0 aliphatic carbocycles. The van der Waals surface area contributed by atoms with Gasteiger partial charge < -0.3 is 9.32 Å². The largest absolute Gasteiger partial charge is 0.455 e. The lowest BCUT2D eigenvalue weighted by Gasteiger charge is -2.28. The third kappa shape index (κ3) is 5.53. The van der Waals surface area contributed by atoms with Crippen molar-refractivity contribution >= 4 is 49.8 Å². The highest BCUT2D eigenvalue weighted by Crippen LogP contribution is 2.48. The molecular weight excluding hydrogens is 655 g/mol. The number of rotatable bonds is 7. The van der Waals surface area contributed by atoms with E-state index < -0.39 is 0 Å². The van der Waals surface area contributed by atoms with Crippen molar-refractivity contribution in [3.05, 3.63) is 212 Å².